The average Bonchev–Trinajstić information content (AvgIpc) is 3.51. The minimum atomic E-state index is -0.341. The third kappa shape index (κ3) is 7.19. The number of carbonyl (C=O) groups is 8. The maximum absolute atomic E-state index is 12.6. The molecule has 11 rings (SSSR count). The first kappa shape index (κ1) is 42.3. The second-order valence-corrected chi connectivity index (χ2v) is 17.7. The lowest BCUT2D eigenvalue weighted by Gasteiger charge is -2.49. The van der Waals surface area contributed by atoms with Gasteiger partial charge in [-0.1, -0.05) is 62.1 Å². The lowest BCUT2D eigenvalue weighted by Crippen LogP contribution is -2.56. The van der Waals surface area contributed by atoms with E-state index in [1.54, 1.807) is 37.4 Å². The molecule has 5 aromatic rings. The number of hydrogen-bond donors (Lipinski definition) is 0. The number of nitrogens with zero attached hydrogens (tertiary/aromatic N) is 4. The normalized spacial score (nSPS) is 22.8. The molecule has 2 atom stereocenters. The molecule has 0 N–H and O–H groups in total. The molecule has 0 radical (unpaired) electrons. The summed E-state index contributed by atoms with van der Waals surface area (Å²) in [5.41, 5.74) is 1.84. The summed E-state index contributed by atoms with van der Waals surface area (Å²) >= 11 is 1.38. The second-order valence-electron chi connectivity index (χ2n) is 16.7. The lowest BCUT2D eigenvalue weighted by atomic mass is 9.58. The van der Waals surface area contributed by atoms with Crippen LogP contribution < -0.4 is 5.43 Å². The number of likely N-dealkylation sites (tertiary alicyclic amines) is 2. The van der Waals surface area contributed by atoms with Gasteiger partial charge in [0.05, 0.1) is 15.8 Å². The van der Waals surface area contributed by atoms with Crippen LogP contribution in [0.1, 0.15) is 99.2 Å². The maximum Gasteiger partial charge on any atom is 0.262 e. The molecule has 14 heteroatoms. The van der Waals surface area contributed by atoms with E-state index in [4.69, 9.17) is 0 Å². The first-order valence-electron chi connectivity index (χ1n) is 21.0. The van der Waals surface area contributed by atoms with Crippen LogP contribution in [0.2, 0.25) is 0 Å². The van der Waals surface area contributed by atoms with Crippen LogP contribution in [0.25, 0.3) is 30.9 Å². The van der Waals surface area contributed by atoms with Crippen LogP contribution in [0.4, 0.5) is 0 Å². The highest BCUT2D eigenvalue weighted by molar-refractivity contribution is 7.25. The fourth-order valence-electron chi connectivity index (χ4n) is 9.95. The Balaban J connectivity index is 0.000000118. The van der Waals surface area contributed by atoms with Gasteiger partial charge in [0, 0.05) is 84.9 Å². The standard InChI is InChI=1S/C16H9NO3S.C13H19NO2.C13H9NO2.C6H9NO2/c1-17-15(19)9-6-7-10-13(18)8-4-2-3-5-11(8)21-14(10)12(9)16(17)20;2*1-14-12(15)9-6-2-4-8-5-3-7-10(11(8)9)13(14)16;1-7-5(8)3-2-4-6(7)9/h2-7H,1H3;8-11H,2-7H2,1H3;2-7H,1H3;2-4H2,1H3. The van der Waals surface area contributed by atoms with Crippen molar-refractivity contribution in [2.24, 2.45) is 23.7 Å². The number of rotatable bonds is 0. The smallest absolute Gasteiger partial charge is 0.262 e. The van der Waals surface area contributed by atoms with Gasteiger partial charge in [-0.25, -0.2) is 0 Å². The average molecular weight is 855 g/mol. The van der Waals surface area contributed by atoms with Gasteiger partial charge in [-0.2, -0.15) is 0 Å². The van der Waals surface area contributed by atoms with E-state index in [2.05, 4.69) is 0 Å². The Kier molecular flexibility index (Phi) is 11.5. The summed E-state index contributed by atoms with van der Waals surface area (Å²) in [4.78, 5) is 111. The monoisotopic (exact) mass is 854 g/mol. The maximum atomic E-state index is 12.6. The Bertz CT molecular complexity index is 2740. The van der Waals surface area contributed by atoms with Gasteiger partial charge < -0.3 is 0 Å². The largest absolute Gasteiger partial charge is 0.289 e. The molecule has 4 aliphatic heterocycles. The molecule has 2 aliphatic carbocycles. The number of piperidine rings is 2. The minimum absolute atomic E-state index is 0.0498. The van der Waals surface area contributed by atoms with Gasteiger partial charge in [-0.05, 0) is 72.9 Å². The Morgan fingerprint density at radius 3 is 1.63 bits per heavy atom. The molecule has 318 valence electrons. The summed E-state index contributed by atoms with van der Waals surface area (Å²) in [6.45, 7) is 0. The van der Waals surface area contributed by atoms with Gasteiger partial charge in [0.1, 0.15) is 0 Å². The fourth-order valence-corrected chi connectivity index (χ4v) is 11.2. The summed E-state index contributed by atoms with van der Waals surface area (Å²) in [5, 5.41) is 2.84. The quantitative estimate of drug-likeness (QED) is 0.122. The molecule has 62 heavy (non-hydrogen) atoms. The van der Waals surface area contributed by atoms with Gasteiger partial charge in [0.15, 0.2) is 5.43 Å². The van der Waals surface area contributed by atoms with Crippen LogP contribution in [0.15, 0.2) is 77.6 Å². The highest BCUT2D eigenvalue weighted by atomic mass is 32.1. The number of fused-ring (bicyclic) bond motifs is 4. The van der Waals surface area contributed by atoms with Crippen LogP contribution in [-0.4, -0.2) is 95.0 Å². The van der Waals surface area contributed by atoms with Crippen molar-refractivity contribution in [3.63, 3.8) is 0 Å². The van der Waals surface area contributed by atoms with E-state index in [9.17, 15) is 43.2 Å². The molecule has 5 heterocycles. The number of amides is 8. The highest BCUT2D eigenvalue weighted by Crippen LogP contribution is 2.50. The van der Waals surface area contributed by atoms with E-state index < -0.39 is 0 Å². The van der Waals surface area contributed by atoms with Gasteiger partial charge >= 0.3 is 0 Å². The molecular formula is C48H46N4O9S. The van der Waals surface area contributed by atoms with Crippen LogP contribution in [0.5, 0.6) is 0 Å². The fraction of sp³-hybridized carbons (Fsp3) is 0.354. The Labute approximate surface area is 361 Å². The van der Waals surface area contributed by atoms with Crippen molar-refractivity contribution in [1.29, 1.82) is 0 Å². The molecule has 2 saturated carbocycles. The first-order valence-corrected chi connectivity index (χ1v) is 21.8. The lowest BCUT2D eigenvalue weighted by molar-refractivity contribution is -0.164. The van der Waals surface area contributed by atoms with Crippen LogP contribution in [-0.2, 0) is 19.2 Å². The van der Waals surface area contributed by atoms with E-state index in [0.717, 1.165) is 44.5 Å². The molecule has 2 saturated heterocycles. The van der Waals surface area contributed by atoms with Gasteiger partial charge in [0.25, 0.3) is 23.6 Å². The van der Waals surface area contributed by atoms with E-state index in [-0.39, 0.29) is 64.5 Å². The molecule has 6 aliphatic rings. The highest BCUT2D eigenvalue weighted by Gasteiger charge is 2.52. The van der Waals surface area contributed by atoms with Crippen molar-refractivity contribution >= 4 is 89.5 Å². The SMILES string of the molecule is CN1C(=O)C2CCCC3CCCC(C1=O)C32.CN1C(=O)CCCC1=O.CN1C(=O)c2ccc3c(=O)c4ccccc4sc3c2C1=O.CN1C(=O)c2cccc3cccc(c23)C1=O. The molecular weight excluding hydrogens is 809 g/mol. The van der Waals surface area contributed by atoms with Gasteiger partial charge in [-0.3, -0.25) is 62.8 Å². The summed E-state index contributed by atoms with van der Waals surface area (Å²) in [6.07, 6.45) is 8.62. The Morgan fingerprint density at radius 2 is 1.05 bits per heavy atom. The van der Waals surface area contributed by atoms with E-state index in [1.807, 2.05) is 42.5 Å². The zero-order valence-corrected chi connectivity index (χ0v) is 35.8. The summed E-state index contributed by atoms with van der Waals surface area (Å²) in [6, 6.07) is 21.5. The van der Waals surface area contributed by atoms with Gasteiger partial charge in [-0.15, -0.1) is 11.3 Å². The number of imide groups is 4. The van der Waals surface area contributed by atoms with Crippen LogP contribution in [0.3, 0.4) is 0 Å². The molecule has 1 aromatic heterocycles. The van der Waals surface area contributed by atoms with Crippen molar-refractivity contribution in [3.05, 3.63) is 105 Å². The predicted molar refractivity (Wildman–Crippen MR) is 233 cm³/mol. The van der Waals surface area contributed by atoms with Crippen LogP contribution >= 0.6 is 11.3 Å². The number of hydrogen-bond acceptors (Lipinski definition) is 10. The summed E-state index contributed by atoms with van der Waals surface area (Å²) < 4.78 is 1.41. The minimum Gasteiger partial charge on any atom is -0.289 e. The zero-order chi connectivity index (χ0) is 44.1. The molecule has 4 aromatic carbocycles. The molecule has 0 spiro atoms. The molecule has 13 nitrogen and oxygen atoms in total. The summed E-state index contributed by atoms with van der Waals surface area (Å²) in [5.74, 6) is 0.337. The summed E-state index contributed by atoms with van der Waals surface area (Å²) in [7, 11) is 6.17. The van der Waals surface area contributed by atoms with E-state index >= 15 is 0 Å². The molecule has 0 bridgehead atoms. The van der Waals surface area contributed by atoms with Crippen molar-refractivity contribution in [2.45, 2.75) is 57.8 Å². The first-order chi connectivity index (χ1) is 29.7. The number of benzene rings is 4. The van der Waals surface area contributed by atoms with Crippen molar-refractivity contribution in [3.8, 4) is 0 Å². The number of carbonyl (C=O) groups excluding carboxylic acids is 8. The van der Waals surface area contributed by atoms with Crippen molar-refractivity contribution in [2.75, 3.05) is 28.2 Å². The molecule has 2 unspecified atom stereocenters. The van der Waals surface area contributed by atoms with Crippen molar-refractivity contribution in [1.82, 2.24) is 19.6 Å². The molecule has 4 fully saturated rings. The second kappa shape index (κ2) is 16.8. The topological polar surface area (TPSA) is 167 Å². The van der Waals surface area contributed by atoms with E-state index in [1.165, 1.54) is 68.0 Å². The Hall–Kier alpha value is -6.41. The van der Waals surface area contributed by atoms with Crippen LogP contribution in [0, 0.1) is 23.7 Å². The molecule has 8 amide bonds. The van der Waals surface area contributed by atoms with Gasteiger partial charge in [0.2, 0.25) is 23.6 Å². The Morgan fingerprint density at radius 1 is 0.500 bits per heavy atom. The van der Waals surface area contributed by atoms with E-state index in [0.29, 0.717) is 62.4 Å². The van der Waals surface area contributed by atoms with Crippen molar-refractivity contribution < 1.29 is 38.4 Å². The zero-order valence-electron chi connectivity index (χ0n) is 35.0. The predicted octanol–water partition coefficient (Wildman–Crippen LogP) is 6.68. The third-order valence-corrected chi connectivity index (χ3v) is 14.5. The third-order valence-electron chi connectivity index (χ3n) is 13.3.